The van der Waals surface area contributed by atoms with Crippen LogP contribution in [0.25, 0.3) is 0 Å². The number of halogens is 1. The Morgan fingerprint density at radius 3 is 2.42 bits per heavy atom. The van der Waals surface area contributed by atoms with Crippen molar-refractivity contribution in [1.82, 2.24) is 14.9 Å². The van der Waals surface area contributed by atoms with E-state index < -0.39 is 10.0 Å². The van der Waals surface area contributed by atoms with Gasteiger partial charge < -0.3 is 15.4 Å². The Bertz CT molecular complexity index is 761. The predicted octanol–water partition coefficient (Wildman–Crippen LogP) is 3.25. The third kappa shape index (κ3) is 9.95. The summed E-state index contributed by atoms with van der Waals surface area (Å²) in [5.41, 5.74) is 1.24. The minimum atomic E-state index is -3.10. The molecule has 0 spiro atoms. The number of guanidine groups is 1. The largest absolute Gasteiger partial charge is 0.493 e. The Labute approximate surface area is 205 Å². The van der Waals surface area contributed by atoms with E-state index in [-0.39, 0.29) is 35.8 Å². The van der Waals surface area contributed by atoms with Gasteiger partial charge in [0.1, 0.15) is 5.75 Å². The lowest BCUT2D eigenvalue weighted by Crippen LogP contribution is -2.50. The molecule has 9 heteroatoms. The van der Waals surface area contributed by atoms with E-state index in [0.29, 0.717) is 25.4 Å². The van der Waals surface area contributed by atoms with Crippen molar-refractivity contribution in [1.29, 1.82) is 0 Å². The first kappa shape index (κ1) is 28.0. The average molecular weight is 567 g/mol. The number of hydrogen-bond acceptors (Lipinski definition) is 4. The van der Waals surface area contributed by atoms with E-state index in [1.165, 1.54) is 5.56 Å². The quantitative estimate of drug-likeness (QED) is 0.258. The normalized spacial score (nSPS) is 16.1. The van der Waals surface area contributed by atoms with Gasteiger partial charge in [-0.25, -0.2) is 12.7 Å². The van der Waals surface area contributed by atoms with Crippen molar-refractivity contribution in [2.75, 3.05) is 39.0 Å². The van der Waals surface area contributed by atoms with Crippen LogP contribution in [-0.2, 0) is 16.4 Å². The Morgan fingerprint density at radius 1 is 1.23 bits per heavy atom. The number of ether oxygens (including phenoxy) is 1. The molecule has 0 aliphatic carbocycles. The molecule has 31 heavy (non-hydrogen) atoms. The maximum Gasteiger partial charge on any atom is 0.214 e. The summed E-state index contributed by atoms with van der Waals surface area (Å²) in [7, 11) is -1.34. The van der Waals surface area contributed by atoms with Crippen molar-refractivity contribution in [2.24, 2.45) is 10.9 Å². The van der Waals surface area contributed by atoms with Crippen LogP contribution in [-0.4, -0.2) is 63.8 Å². The Kier molecular flexibility index (Phi) is 12.8. The molecule has 0 unspecified atom stereocenters. The lowest BCUT2D eigenvalue weighted by molar-refractivity contribution is 0.271. The van der Waals surface area contributed by atoms with E-state index in [2.05, 4.69) is 41.6 Å². The fraction of sp³-hybridized carbons (Fsp3) is 0.682. The Morgan fingerprint density at radius 2 is 1.87 bits per heavy atom. The predicted molar refractivity (Wildman–Crippen MR) is 139 cm³/mol. The first-order chi connectivity index (χ1) is 14.3. The third-order valence-electron chi connectivity index (χ3n) is 5.09. The second kappa shape index (κ2) is 14.2. The average Bonchev–Trinajstić information content (AvgIpc) is 2.72. The fourth-order valence-electron chi connectivity index (χ4n) is 3.39. The van der Waals surface area contributed by atoms with Crippen LogP contribution in [0.4, 0.5) is 0 Å². The summed E-state index contributed by atoms with van der Waals surface area (Å²) >= 11 is 0. The summed E-state index contributed by atoms with van der Waals surface area (Å²) in [4.78, 5) is 4.31. The van der Waals surface area contributed by atoms with Gasteiger partial charge in [0, 0.05) is 32.7 Å². The molecule has 178 valence electrons. The summed E-state index contributed by atoms with van der Waals surface area (Å²) in [6.45, 7) is 8.82. The Hall–Kier alpha value is -1.07. The molecule has 7 nitrogen and oxygen atoms in total. The van der Waals surface area contributed by atoms with Gasteiger partial charge in [0.15, 0.2) is 5.96 Å². The fourth-order valence-corrected chi connectivity index (χ4v) is 4.94. The van der Waals surface area contributed by atoms with Gasteiger partial charge in [-0.15, -0.1) is 24.0 Å². The first-order valence-electron chi connectivity index (χ1n) is 11.0. The summed E-state index contributed by atoms with van der Waals surface area (Å²) in [5.74, 6) is 2.42. The number of rotatable bonds is 10. The van der Waals surface area contributed by atoms with Crippen LogP contribution in [0.5, 0.6) is 5.75 Å². The number of hydrogen-bond donors (Lipinski definition) is 2. The monoisotopic (exact) mass is 566 g/mol. The summed E-state index contributed by atoms with van der Waals surface area (Å²) in [6.07, 6.45) is 3.13. The molecule has 0 bridgehead atoms. The molecular weight excluding hydrogens is 527 g/mol. The molecule has 1 aromatic rings. The maximum absolute atomic E-state index is 12.2. The minimum Gasteiger partial charge on any atom is -0.493 e. The standard InChI is InChI=1S/C22H38N4O3S.HI/c1-5-16-30(27,28)26-14-11-20(12-15-26)25-22(23-4)24-13-10-19-6-8-21(9-7-19)29-17-18(2)3;/h6-9,18,20H,5,10-17H2,1-4H3,(H2,23,24,25);1H. The highest BCUT2D eigenvalue weighted by Crippen LogP contribution is 2.15. The van der Waals surface area contributed by atoms with Crippen LogP contribution in [0.15, 0.2) is 29.3 Å². The van der Waals surface area contributed by atoms with E-state index >= 15 is 0 Å². The SMILES string of the molecule is CCCS(=O)(=O)N1CCC(NC(=NC)NCCc2ccc(OCC(C)C)cc2)CC1.I. The van der Waals surface area contributed by atoms with Gasteiger partial charge in [-0.3, -0.25) is 4.99 Å². The zero-order chi connectivity index (χ0) is 22.0. The smallest absolute Gasteiger partial charge is 0.214 e. The van der Waals surface area contributed by atoms with Gasteiger partial charge in [-0.2, -0.15) is 0 Å². The van der Waals surface area contributed by atoms with Crippen LogP contribution < -0.4 is 15.4 Å². The molecular formula is C22H39IN4O3S. The van der Waals surface area contributed by atoms with Crippen LogP contribution in [0.1, 0.15) is 45.6 Å². The van der Waals surface area contributed by atoms with Gasteiger partial charge in [-0.05, 0) is 49.3 Å². The van der Waals surface area contributed by atoms with Crippen molar-refractivity contribution in [3.8, 4) is 5.75 Å². The van der Waals surface area contributed by atoms with E-state index in [1.54, 1.807) is 11.4 Å². The van der Waals surface area contributed by atoms with Crippen molar-refractivity contribution >= 4 is 40.0 Å². The number of nitrogens with zero attached hydrogens (tertiary/aromatic N) is 2. The number of piperidine rings is 1. The molecule has 2 rings (SSSR count). The van der Waals surface area contributed by atoms with Crippen LogP contribution in [0.3, 0.4) is 0 Å². The molecule has 1 fully saturated rings. The third-order valence-corrected chi connectivity index (χ3v) is 7.16. The van der Waals surface area contributed by atoms with Crippen LogP contribution in [0.2, 0.25) is 0 Å². The van der Waals surface area contributed by atoms with Crippen molar-refractivity contribution in [2.45, 2.75) is 52.5 Å². The van der Waals surface area contributed by atoms with Crippen molar-refractivity contribution < 1.29 is 13.2 Å². The molecule has 1 heterocycles. The van der Waals surface area contributed by atoms with E-state index in [9.17, 15) is 8.42 Å². The van der Waals surface area contributed by atoms with Gasteiger partial charge >= 0.3 is 0 Å². The second-order valence-electron chi connectivity index (χ2n) is 8.23. The van der Waals surface area contributed by atoms with Crippen LogP contribution in [0, 0.1) is 5.92 Å². The number of benzene rings is 1. The zero-order valence-electron chi connectivity index (χ0n) is 19.3. The van der Waals surface area contributed by atoms with E-state index in [0.717, 1.165) is 44.1 Å². The van der Waals surface area contributed by atoms with Crippen molar-refractivity contribution in [3.05, 3.63) is 29.8 Å². The van der Waals surface area contributed by atoms with E-state index in [4.69, 9.17) is 4.74 Å². The molecule has 0 amide bonds. The molecule has 0 aromatic heterocycles. The lowest BCUT2D eigenvalue weighted by Gasteiger charge is -2.32. The number of sulfonamides is 1. The highest BCUT2D eigenvalue weighted by Gasteiger charge is 2.27. The van der Waals surface area contributed by atoms with Crippen LogP contribution >= 0.6 is 24.0 Å². The molecule has 1 saturated heterocycles. The molecule has 2 N–H and O–H groups in total. The highest BCUT2D eigenvalue weighted by molar-refractivity contribution is 14.0. The number of nitrogens with one attached hydrogen (secondary N) is 2. The summed E-state index contributed by atoms with van der Waals surface area (Å²) < 4.78 is 31.7. The lowest BCUT2D eigenvalue weighted by atomic mass is 10.1. The first-order valence-corrected chi connectivity index (χ1v) is 12.6. The second-order valence-corrected chi connectivity index (χ2v) is 10.3. The molecule has 0 atom stereocenters. The van der Waals surface area contributed by atoms with Gasteiger partial charge in [0.05, 0.1) is 12.4 Å². The number of aliphatic imine (C=N–C) groups is 1. The van der Waals surface area contributed by atoms with Gasteiger partial charge in [0.25, 0.3) is 0 Å². The molecule has 0 saturated carbocycles. The van der Waals surface area contributed by atoms with Gasteiger partial charge in [0.2, 0.25) is 10.0 Å². The maximum atomic E-state index is 12.2. The summed E-state index contributed by atoms with van der Waals surface area (Å²) in [5, 5.41) is 6.79. The molecule has 1 aliphatic rings. The molecule has 0 radical (unpaired) electrons. The van der Waals surface area contributed by atoms with Crippen molar-refractivity contribution in [3.63, 3.8) is 0 Å². The Balaban J connectivity index is 0.00000480. The van der Waals surface area contributed by atoms with Gasteiger partial charge in [-0.1, -0.05) is 32.9 Å². The minimum absolute atomic E-state index is 0. The zero-order valence-corrected chi connectivity index (χ0v) is 22.4. The summed E-state index contributed by atoms with van der Waals surface area (Å²) in [6, 6.07) is 8.47. The topological polar surface area (TPSA) is 83.0 Å². The van der Waals surface area contributed by atoms with E-state index in [1.807, 2.05) is 19.1 Å². The molecule has 1 aromatic carbocycles. The highest BCUT2D eigenvalue weighted by atomic mass is 127. The molecule has 1 aliphatic heterocycles.